The van der Waals surface area contributed by atoms with E-state index in [-0.39, 0.29) is 23.8 Å². The molecule has 154 valence electrons. The molecule has 0 aliphatic heterocycles. The fourth-order valence-corrected chi connectivity index (χ4v) is 3.76. The standard InChI is InChI=1S/C21H21F2N3OS.ClH/c1-25(2)11-6-12-26(19(27)10-9-15-7-4-3-5-8-15)21-24-20-17(23)13-16(22)14-18(20)28-21;/h3-5,7-10,13-14H,6,11-12H2,1-2H3;1H. The van der Waals surface area contributed by atoms with Crippen LogP contribution in [0.2, 0.25) is 0 Å². The van der Waals surface area contributed by atoms with E-state index in [1.54, 1.807) is 6.08 Å². The molecule has 29 heavy (non-hydrogen) atoms. The Morgan fingerprint density at radius 3 is 2.55 bits per heavy atom. The highest BCUT2D eigenvalue weighted by atomic mass is 35.5. The summed E-state index contributed by atoms with van der Waals surface area (Å²) in [7, 11) is 3.91. The Hall–Kier alpha value is -2.35. The van der Waals surface area contributed by atoms with Gasteiger partial charge < -0.3 is 4.90 Å². The number of fused-ring (bicyclic) bond motifs is 1. The summed E-state index contributed by atoms with van der Waals surface area (Å²) in [6.07, 6.45) is 3.94. The molecule has 0 N–H and O–H groups in total. The van der Waals surface area contributed by atoms with E-state index >= 15 is 0 Å². The van der Waals surface area contributed by atoms with Crippen LogP contribution in [0.4, 0.5) is 13.9 Å². The zero-order valence-electron chi connectivity index (χ0n) is 16.1. The summed E-state index contributed by atoms with van der Waals surface area (Å²) in [4.78, 5) is 20.7. The number of aromatic nitrogens is 1. The third-order valence-corrected chi connectivity index (χ3v) is 5.13. The van der Waals surface area contributed by atoms with E-state index in [1.165, 1.54) is 17.0 Å². The lowest BCUT2D eigenvalue weighted by Crippen LogP contribution is -2.32. The second-order valence-corrected chi connectivity index (χ2v) is 7.63. The van der Waals surface area contributed by atoms with Crippen molar-refractivity contribution >= 4 is 51.1 Å². The number of halogens is 3. The fourth-order valence-electron chi connectivity index (χ4n) is 2.73. The van der Waals surface area contributed by atoms with E-state index in [0.29, 0.717) is 16.4 Å². The van der Waals surface area contributed by atoms with E-state index in [9.17, 15) is 13.6 Å². The van der Waals surface area contributed by atoms with Gasteiger partial charge in [0.2, 0.25) is 0 Å². The number of benzene rings is 2. The first kappa shape index (κ1) is 22.9. The summed E-state index contributed by atoms with van der Waals surface area (Å²) < 4.78 is 27.9. The van der Waals surface area contributed by atoms with Crippen molar-refractivity contribution in [3.63, 3.8) is 0 Å². The van der Waals surface area contributed by atoms with Gasteiger partial charge in [-0.2, -0.15) is 0 Å². The predicted molar refractivity (Wildman–Crippen MR) is 118 cm³/mol. The molecule has 3 aromatic rings. The lowest BCUT2D eigenvalue weighted by atomic mass is 10.2. The number of carbonyl (C=O) groups is 1. The number of amides is 1. The molecule has 0 bridgehead atoms. The van der Waals surface area contributed by atoms with Crippen molar-refractivity contribution in [3.8, 4) is 0 Å². The number of nitrogens with zero attached hydrogens (tertiary/aromatic N) is 3. The third kappa shape index (κ3) is 6.06. The predicted octanol–water partition coefficient (Wildman–Crippen LogP) is 4.99. The number of hydrogen-bond donors (Lipinski definition) is 0. The van der Waals surface area contributed by atoms with Crippen LogP contribution in [0, 0.1) is 11.6 Å². The van der Waals surface area contributed by atoms with Crippen molar-refractivity contribution in [2.75, 3.05) is 32.1 Å². The monoisotopic (exact) mass is 437 g/mol. The Labute approximate surface area is 178 Å². The number of carbonyl (C=O) groups excluding carboxylic acids is 1. The van der Waals surface area contributed by atoms with Crippen LogP contribution in [0.25, 0.3) is 16.3 Å². The number of thiazole rings is 1. The largest absolute Gasteiger partial charge is 0.309 e. The van der Waals surface area contributed by atoms with Crippen molar-refractivity contribution in [1.82, 2.24) is 9.88 Å². The molecule has 0 saturated carbocycles. The second-order valence-electron chi connectivity index (χ2n) is 6.62. The zero-order valence-corrected chi connectivity index (χ0v) is 17.8. The normalized spacial score (nSPS) is 11.2. The minimum Gasteiger partial charge on any atom is -0.309 e. The van der Waals surface area contributed by atoms with E-state index in [1.807, 2.05) is 49.3 Å². The molecule has 4 nitrogen and oxygen atoms in total. The summed E-state index contributed by atoms with van der Waals surface area (Å²) in [5.41, 5.74) is 0.986. The molecule has 2 aromatic carbocycles. The first-order valence-corrected chi connectivity index (χ1v) is 9.70. The molecular formula is C21H22ClF2N3OS. The molecule has 1 heterocycles. The summed E-state index contributed by atoms with van der Waals surface area (Å²) >= 11 is 1.11. The van der Waals surface area contributed by atoms with Crippen molar-refractivity contribution in [1.29, 1.82) is 0 Å². The van der Waals surface area contributed by atoms with Crippen LogP contribution in [0.1, 0.15) is 12.0 Å². The van der Waals surface area contributed by atoms with Gasteiger partial charge in [0.1, 0.15) is 11.3 Å². The molecule has 0 saturated heterocycles. The summed E-state index contributed by atoms with van der Waals surface area (Å²) in [5.74, 6) is -1.63. The smallest absolute Gasteiger partial charge is 0.252 e. The Morgan fingerprint density at radius 2 is 1.86 bits per heavy atom. The first-order chi connectivity index (χ1) is 13.4. The molecule has 0 unspecified atom stereocenters. The van der Waals surface area contributed by atoms with Gasteiger partial charge in [-0.3, -0.25) is 9.69 Å². The lowest BCUT2D eigenvalue weighted by Gasteiger charge is -2.19. The molecule has 0 aliphatic rings. The van der Waals surface area contributed by atoms with Gasteiger partial charge in [0.25, 0.3) is 5.91 Å². The highest BCUT2D eigenvalue weighted by Gasteiger charge is 2.19. The summed E-state index contributed by atoms with van der Waals surface area (Å²) in [6, 6.07) is 11.5. The molecular weight excluding hydrogens is 416 g/mol. The molecule has 0 fully saturated rings. The van der Waals surface area contributed by atoms with Gasteiger partial charge in [0, 0.05) is 18.7 Å². The van der Waals surface area contributed by atoms with Crippen LogP contribution in [-0.4, -0.2) is 43.0 Å². The Bertz CT molecular complexity index is 992. The minimum absolute atomic E-state index is 0. The molecule has 8 heteroatoms. The molecule has 0 atom stereocenters. The maximum Gasteiger partial charge on any atom is 0.252 e. The molecule has 0 radical (unpaired) electrons. The molecule has 0 aliphatic carbocycles. The molecule has 1 amide bonds. The summed E-state index contributed by atoms with van der Waals surface area (Å²) in [6.45, 7) is 1.22. The van der Waals surface area contributed by atoms with Gasteiger partial charge in [-0.05, 0) is 44.8 Å². The topological polar surface area (TPSA) is 36.4 Å². The maximum atomic E-state index is 14.0. The second kappa shape index (κ2) is 10.4. The molecule has 1 aromatic heterocycles. The van der Waals surface area contributed by atoms with E-state index in [0.717, 1.165) is 35.9 Å². The van der Waals surface area contributed by atoms with Crippen LogP contribution in [0.5, 0.6) is 0 Å². The van der Waals surface area contributed by atoms with E-state index < -0.39 is 11.6 Å². The van der Waals surface area contributed by atoms with Crippen molar-refractivity contribution in [2.24, 2.45) is 0 Å². The van der Waals surface area contributed by atoms with Gasteiger partial charge >= 0.3 is 0 Å². The summed E-state index contributed by atoms with van der Waals surface area (Å²) in [5, 5.41) is 0.362. The Balaban J connectivity index is 0.00000300. The van der Waals surface area contributed by atoms with Gasteiger partial charge in [0.05, 0.1) is 4.70 Å². The highest BCUT2D eigenvalue weighted by Crippen LogP contribution is 2.31. The van der Waals surface area contributed by atoms with Gasteiger partial charge in [-0.15, -0.1) is 12.4 Å². The van der Waals surface area contributed by atoms with Gasteiger partial charge in [-0.25, -0.2) is 13.8 Å². The SMILES string of the molecule is CN(C)CCCN(C(=O)C=Cc1ccccc1)c1nc2c(F)cc(F)cc2s1.Cl. The quantitative estimate of drug-likeness (QED) is 0.488. The van der Waals surface area contributed by atoms with Crippen LogP contribution < -0.4 is 4.90 Å². The van der Waals surface area contributed by atoms with Crippen molar-refractivity contribution in [2.45, 2.75) is 6.42 Å². The average molecular weight is 438 g/mol. The van der Waals surface area contributed by atoms with E-state index in [4.69, 9.17) is 0 Å². The molecule has 3 rings (SSSR count). The van der Waals surface area contributed by atoms with Crippen LogP contribution in [0.3, 0.4) is 0 Å². The van der Waals surface area contributed by atoms with Gasteiger partial charge in [0.15, 0.2) is 10.9 Å². The first-order valence-electron chi connectivity index (χ1n) is 8.89. The maximum absolute atomic E-state index is 14.0. The minimum atomic E-state index is -0.724. The number of anilines is 1. The van der Waals surface area contributed by atoms with Crippen molar-refractivity contribution in [3.05, 3.63) is 65.7 Å². The Kier molecular flexibility index (Phi) is 8.25. The number of rotatable bonds is 7. The average Bonchev–Trinajstić information content (AvgIpc) is 3.08. The zero-order chi connectivity index (χ0) is 20.1. The van der Waals surface area contributed by atoms with Crippen LogP contribution in [-0.2, 0) is 4.79 Å². The van der Waals surface area contributed by atoms with Crippen LogP contribution >= 0.6 is 23.7 Å². The Morgan fingerprint density at radius 1 is 1.14 bits per heavy atom. The lowest BCUT2D eigenvalue weighted by molar-refractivity contribution is -0.114. The van der Waals surface area contributed by atoms with Crippen LogP contribution in [0.15, 0.2) is 48.5 Å². The molecule has 0 spiro atoms. The van der Waals surface area contributed by atoms with Gasteiger partial charge in [-0.1, -0.05) is 41.7 Å². The van der Waals surface area contributed by atoms with E-state index in [2.05, 4.69) is 4.98 Å². The highest BCUT2D eigenvalue weighted by molar-refractivity contribution is 7.22. The van der Waals surface area contributed by atoms with Crippen molar-refractivity contribution < 1.29 is 13.6 Å². The number of hydrogen-bond acceptors (Lipinski definition) is 4. The third-order valence-electron chi connectivity index (χ3n) is 4.10. The fraction of sp³-hybridized carbons (Fsp3) is 0.238.